The number of pyridine rings is 1. The smallest absolute Gasteiger partial charge is 0.351 e. The van der Waals surface area contributed by atoms with Gasteiger partial charge in [-0.3, -0.25) is 4.98 Å². The Morgan fingerprint density at radius 1 is 0.935 bits per heavy atom. The fourth-order valence-corrected chi connectivity index (χ4v) is 3.84. The molecule has 9 heteroatoms. The highest BCUT2D eigenvalue weighted by molar-refractivity contribution is 6.31. The molecular weight excluding hydrogens is 427 g/mol. The highest BCUT2D eigenvalue weighted by Crippen LogP contribution is 2.37. The number of nitrogens with one attached hydrogen (secondary N) is 2. The SMILES string of the molecule is FC(F)(F)c1cc(Nc2cc(-c3ccccn3)nc(NC3CCCCC3)n2)ccc1Cl. The third-order valence-corrected chi connectivity index (χ3v) is 5.47. The molecule has 0 saturated heterocycles. The molecule has 0 amide bonds. The monoisotopic (exact) mass is 447 g/mol. The Morgan fingerprint density at radius 3 is 2.45 bits per heavy atom. The normalized spacial score (nSPS) is 15.0. The lowest BCUT2D eigenvalue weighted by molar-refractivity contribution is -0.137. The summed E-state index contributed by atoms with van der Waals surface area (Å²) in [6.07, 6.45) is 2.69. The van der Waals surface area contributed by atoms with E-state index in [9.17, 15) is 13.2 Å². The zero-order chi connectivity index (χ0) is 21.8. The van der Waals surface area contributed by atoms with Crippen LogP contribution in [0.1, 0.15) is 37.7 Å². The van der Waals surface area contributed by atoms with Crippen molar-refractivity contribution in [2.75, 3.05) is 10.6 Å². The quantitative estimate of drug-likeness (QED) is 0.455. The third-order valence-electron chi connectivity index (χ3n) is 5.14. The Bertz CT molecular complexity index is 1040. The van der Waals surface area contributed by atoms with Gasteiger partial charge in [-0.05, 0) is 43.2 Å². The number of aromatic nitrogens is 3. The lowest BCUT2D eigenvalue weighted by Gasteiger charge is -2.23. The molecule has 2 N–H and O–H groups in total. The summed E-state index contributed by atoms with van der Waals surface area (Å²) in [6.45, 7) is 0. The van der Waals surface area contributed by atoms with E-state index in [1.165, 1.54) is 18.6 Å². The third kappa shape index (κ3) is 5.44. The van der Waals surface area contributed by atoms with E-state index in [1.807, 2.05) is 12.1 Å². The molecule has 31 heavy (non-hydrogen) atoms. The van der Waals surface area contributed by atoms with E-state index in [0.29, 0.717) is 23.2 Å². The number of anilines is 3. The minimum Gasteiger partial charge on any atom is -0.351 e. The van der Waals surface area contributed by atoms with Crippen LogP contribution in [-0.4, -0.2) is 21.0 Å². The van der Waals surface area contributed by atoms with Crippen molar-refractivity contribution in [2.45, 2.75) is 44.3 Å². The van der Waals surface area contributed by atoms with Crippen molar-refractivity contribution in [3.05, 3.63) is 59.2 Å². The highest BCUT2D eigenvalue weighted by Gasteiger charge is 2.33. The zero-order valence-corrected chi connectivity index (χ0v) is 17.3. The van der Waals surface area contributed by atoms with Gasteiger partial charge >= 0.3 is 6.18 Å². The van der Waals surface area contributed by atoms with E-state index in [-0.39, 0.29) is 16.8 Å². The molecule has 1 saturated carbocycles. The number of hydrogen-bond acceptors (Lipinski definition) is 5. The molecule has 0 atom stereocenters. The lowest BCUT2D eigenvalue weighted by Crippen LogP contribution is -2.23. The molecule has 3 aromatic rings. The van der Waals surface area contributed by atoms with E-state index < -0.39 is 11.7 Å². The van der Waals surface area contributed by atoms with Gasteiger partial charge in [0.25, 0.3) is 0 Å². The Hall–Kier alpha value is -2.87. The fraction of sp³-hybridized carbons (Fsp3) is 0.318. The first-order valence-electron chi connectivity index (χ1n) is 10.1. The van der Waals surface area contributed by atoms with E-state index in [0.717, 1.165) is 31.7 Å². The number of benzene rings is 1. The minimum atomic E-state index is -4.55. The van der Waals surface area contributed by atoms with Crippen LogP contribution in [0.25, 0.3) is 11.4 Å². The first-order chi connectivity index (χ1) is 14.9. The van der Waals surface area contributed by atoms with Gasteiger partial charge in [0.05, 0.1) is 22.0 Å². The zero-order valence-electron chi connectivity index (χ0n) is 16.6. The van der Waals surface area contributed by atoms with Gasteiger partial charge < -0.3 is 10.6 Å². The average molecular weight is 448 g/mol. The second kappa shape index (κ2) is 9.09. The maximum Gasteiger partial charge on any atom is 0.417 e. The molecule has 2 heterocycles. The van der Waals surface area contributed by atoms with Crippen LogP contribution in [0.4, 0.5) is 30.6 Å². The van der Waals surface area contributed by atoms with Crippen molar-refractivity contribution in [1.82, 2.24) is 15.0 Å². The molecule has 1 aromatic carbocycles. The van der Waals surface area contributed by atoms with Crippen molar-refractivity contribution in [2.24, 2.45) is 0 Å². The summed E-state index contributed by atoms with van der Waals surface area (Å²) in [5.74, 6) is 0.784. The summed E-state index contributed by atoms with van der Waals surface area (Å²) in [4.78, 5) is 13.4. The number of hydrogen-bond donors (Lipinski definition) is 2. The standard InChI is InChI=1S/C22H21ClF3N5/c23-17-10-9-15(12-16(17)22(24,25)26)28-20-13-19(18-8-4-5-11-27-18)30-21(31-20)29-14-6-2-1-3-7-14/h4-5,8-14H,1-3,6-7H2,(H2,28,29,30,31). The summed E-state index contributed by atoms with van der Waals surface area (Å²) in [5, 5.41) is 5.97. The number of nitrogens with zero attached hydrogens (tertiary/aromatic N) is 3. The summed E-state index contributed by atoms with van der Waals surface area (Å²) in [7, 11) is 0. The summed E-state index contributed by atoms with van der Waals surface area (Å²) in [5.41, 5.74) is 0.540. The Morgan fingerprint density at radius 2 is 1.74 bits per heavy atom. The molecule has 5 nitrogen and oxygen atoms in total. The minimum absolute atomic E-state index is 0.228. The van der Waals surface area contributed by atoms with Gasteiger partial charge in [0.1, 0.15) is 5.82 Å². The molecule has 162 valence electrons. The van der Waals surface area contributed by atoms with Gasteiger partial charge in [-0.25, -0.2) is 4.98 Å². The molecule has 2 aromatic heterocycles. The fourth-order valence-electron chi connectivity index (χ4n) is 3.62. The molecular formula is C22H21ClF3N5. The molecule has 1 aliphatic carbocycles. The lowest BCUT2D eigenvalue weighted by atomic mass is 9.96. The largest absolute Gasteiger partial charge is 0.417 e. The topological polar surface area (TPSA) is 62.7 Å². The molecule has 0 aliphatic heterocycles. The van der Waals surface area contributed by atoms with Crippen LogP contribution in [0.2, 0.25) is 5.02 Å². The first kappa shape index (κ1) is 21.4. The van der Waals surface area contributed by atoms with Crippen LogP contribution in [0.15, 0.2) is 48.7 Å². The van der Waals surface area contributed by atoms with Gasteiger partial charge in [-0.2, -0.15) is 18.2 Å². The van der Waals surface area contributed by atoms with Crippen LogP contribution < -0.4 is 10.6 Å². The molecule has 1 aliphatic rings. The van der Waals surface area contributed by atoms with Gasteiger partial charge in [0, 0.05) is 24.0 Å². The summed E-state index contributed by atoms with van der Waals surface area (Å²) >= 11 is 5.73. The molecule has 0 spiro atoms. The predicted octanol–water partition coefficient (Wildman–Crippen LogP) is 6.70. The second-order valence-corrected chi connectivity index (χ2v) is 7.88. The molecule has 0 unspecified atom stereocenters. The van der Waals surface area contributed by atoms with E-state index in [4.69, 9.17) is 11.6 Å². The first-order valence-corrected chi connectivity index (χ1v) is 10.5. The molecule has 4 rings (SSSR count). The molecule has 0 radical (unpaired) electrons. The Labute approximate surface area is 183 Å². The van der Waals surface area contributed by atoms with Crippen LogP contribution in [0, 0.1) is 0 Å². The van der Waals surface area contributed by atoms with Gasteiger partial charge in [-0.1, -0.05) is 36.9 Å². The van der Waals surface area contributed by atoms with Crippen molar-refractivity contribution in [3.8, 4) is 11.4 Å². The van der Waals surface area contributed by atoms with Crippen LogP contribution >= 0.6 is 11.6 Å². The Balaban J connectivity index is 1.67. The van der Waals surface area contributed by atoms with E-state index in [1.54, 1.807) is 18.3 Å². The van der Waals surface area contributed by atoms with Crippen LogP contribution in [-0.2, 0) is 6.18 Å². The Kier molecular flexibility index (Phi) is 6.27. The second-order valence-electron chi connectivity index (χ2n) is 7.47. The predicted molar refractivity (Wildman–Crippen MR) is 115 cm³/mol. The van der Waals surface area contributed by atoms with Gasteiger partial charge in [0.15, 0.2) is 0 Å². The number of rotatable bonds is 5. The van der Waals surface area contributed by atoms with Crippen molar-refractivity contribution < 1.29 is 13.2 Å². The molecule has 0 bridgehead atoms. The maximum atomic E-state index is 13.2. The number of halogens is 4. The van der Waals surface area contributed by atoms with Crippen molar-refractivity contribution >= 4 is 29.1 Å². The highest BCUT2D eigenvalue weighted by atomic mass is 35.5. The van der Waals surface area contributed by atoms with Gasteiger partial charge in [0.2, 0.25) is 5.95 Å². The van der Waals surface area contributed by atoms with Crippen molar-refractivity contribution in [1.29, 1.82) is 0 Å². The van der Waals surface area contributed by atoms with E-state index >= 15 is 0 Å². The molecule has 1 fully saturated rings. The maximum absolute atomic E-state index is 13.2. The summed E-state index contributed by atoms with van der Waals surface area (Å²) < 4.78 is 39.7. The van der Waals surface area contributed by atoms with E-state index in [2.05, 4.69) is 25.6 Å². The average Bonchev–Trinajstić information content (AvgIpc) is 2.75. The van der Waals surface area contributed by atoms with Gasteiger partial charge in [-0.15, -0.1) is 0 Å². The van der Waals surface area contributed by atoms with Crippen LogP contribution in [0.3, 0.4) is 0 Å². The van der Waals surface area contributed by atoms with Crippen LogP contribution in [0.5, 0.6) is 0 Å². The van der Waals surface area contributed by atoms with Crippen molar-refractivity contribution in [3.63, 3.8) is 0 Å². The number of alkyl halides is 3. The summed E-state index contributed by atoms with van der Waals surface area (Å²) in [6, 6.07) is 11.1.